The van der Waals surface area contributed by atoms with Crippen LogP contribution in [0.3, 0.4) is 0 Å². The van der Waals surface area contributed by atoms with Crippen LogP contribution in [-0.4, -0.2) is 23.4 Å². The first-order chi connectivity index (χ1) is 10.3. The minimum atomic E-state index is 0.270. The smallest absolute Gasteiger partial charge is 0.274 e. The Bertz CT molecular complexity index is 511. The van der Waals surface area contributed by atoms with Gasteiger partial charge in [0.05, 0.1) is 0 Å². The number of amides is 1. The van der Waals surface area contributed by atoms with Crippen LogP contribution < -0.4 is 5.32 Å². The molecular weight excluding hydrogens is 260 g/mol. The average Bonchev–Trinajstić information content (AvgIpc) is 2.68. The fourth-order valence-electron chi connectivity index (χ4n) is 4.56. The molecule has 0 aromatic rings. The summed E-state index contributed by atoms with van der Waals surface area (Å²) < 4.78 is 0. The topological polar surface area (TPSA) is 32.3 Å². The zero-order valence-electron chi connectivity index (χ0n) is 12.9. The number of rotatable bonds is 2. The number of nitrogens with zero attached hydrogens (tertiary/aromatic N) is 1. The molecule has 3 heteroatoms. The monoisotopic (exact) mass is 286 g/mol. The Morgan fingerprint density at radius 1 is 0.905 bits per heavy atom. The molecule has 2 aliphatic carbocycles. The zero-order chi connectivity index (χ0) is 14.2. The molecule has 0 radical (unpaired) electrons. The predicted molar refractivity (Wildman–Crippen MR) is 83.5 cm³/mol. The summed E-state index contributed by atoms with van der Waals surface area (Å²) in [4.78, 5) is 15.0. The Balaban J connectivity index is 1.66. The predicted octanol–water partition coefficient (Wildman–Crippen LogP) is 3.63. The number of allylic oxidation sites excluding steroid dienone is 2. The molecule has 0 bridgehead atoms. The molecule has 3 nitrogen and oxygen atoms in total. The highest BCUT2D eigenvalue weighted by atomic mass is 16.2. The normalized spacial score (nSPS) is 27.0. The molecule has 1 saturated carbocycles. The maximum absolute atomic E-state index is 12.9. The van der Waals surface area contributed by atoms with Gasteiger partial charge in [-0.1, -0.05) is 19.3 Å². The lowest BCUT2D eigenvalue weighted by molar-refractivity contribution is -0.124. The van der Waals surface area contributed by atoms with Crippen molar-refractivity contribution in [1.29, 1.82) is 0 Å². The molecule has 0 unspecified atom stereocenters. The molecule has 1 amide bonds. The van der Waals surface area contributed by atoms with Crippen molar-refractivity contribution in [1.82, 2.24) is 10.2 Å². The van der Waals surface area contributed by atoms with E-state index < -0.39 is 0 Å². The maximum Gasteiger partial charge on any atom is 0.274 e. The van der Waals surface area contributed by atoms with Crippen molar-refractivity contribution in [2.24, 2.45) is 0 Å². The summed E-state index contributed by atoms with van der Waals surface area (Å²) in [7, 11) is 0. The Kier molecular flexibility index (Phi) is 3.52. The van der Waals surface area contributed by atoms with Gasteiger partial charge in [-0.15, -0.1) is 0 Å². The molecule has 0 aromatic heterocycles. The third kappa shape index (κ3) is 2.31. The van der Waals surface area contributed by atoms with Gasteiger partial charge >= 0.3 is 0 Å². The highest BCUT2D eigenvalue weighted by Gasteiger charge is 2.39. The van der Waals surface area contributed by atoms with Gasteiger partial charge in [0.15, 0.2) is 0 Å². The van der Waals surface area contributed by atoms with E-state index in [1.165, 1.54) is 69.1 Å². The molecule has 0 saturated heterocycles. The lowest BCUT2D eigenvalue weighted by Gasteiger charge is -2.25. The van der Waals surface area contributed by atoms with Crippen molar-refractivity contribution in [3.63, 3.8) is 0 Å². The summed E-state index contributed by atoms with van der Waals surface area (Å²) in [6, 6.07) is 0.528. The highest BCUT2D eigenvalue weighted by Crippen LogP contribution is 2.42. The molecule has 1 N–H and O–H groups in total. The van der Waals surface area contributed by atoms with Gasteiger partial charge in [0.1, 0.15) is 5.70 Å². The Labute approximate surface area is 127 Å². The first-order valence-electron chi connectivity index (χ1n) is 8.88. The lowest BCUT2D eigenvalue weighted by atomic mass is 9.89. The van der Waals surface area contributed by atoms with Crippen LogP contribution in [-0.2, 0) is 4.79 Å². The lowest BCUT2D eigenvalue weighted by Crippen LogP contribution is -2.36. The SMILES string of the molecule is O=C1C(NC2CCCCC2)=C2CCCC3=C2N1CCCC3. The van der Waals surface area contributed by atoms with Crippen LogP contribution in [0.1, 0.15) is 70.6 Å². The van der Waals surface area contributed by atoms with E-state index in [4.69, 9.17) is 0 Å². The summed E-state index contributed by atoms with van der Waals surface area (Å²) in [5.74, 6) is 0.270. The zero-order valence-corrected chi connectivity index (χ0v) is 12.9. The number of carbonyl (C=O) groups is 1. The molecule has 4 rings (SSSR count). The summed E-state index contributed by atoms with van der Waals surface area (Å²) in [5, 5.41) is 3.65. The fraction of sp³-hybridized carbons (Fsp3) is 0.722. The molecule has 114 valence electrons. The molecule has 4 aliphatic rings. The van der Waals surface area contributed by atoms with Crippen LogP contribution in [0.5, 0.6) is 0 Å². The van der Waals surface area contributed by atoms with Gasteiger partial charge < -0.3 is 10.2 Å². The van der Waals surface area contributed by atoms with Crippen molar-refractivity contribution >= 4 is 5.91 Å². The number of nitrogens with one attached hydrogen (secondary N) is 1. The largest absolute Gasteiger partial charge is 0.378 e. The second-order valence-corrected chi connectivity index (χ2v) is 7.05. The van der Waals surface area contributed by atoms with Crippen molar-refractivity contribution in [2.75, 3.05) is 6.54 Å². The van der Waals surface area contributed by atoms with E-state index in [1.807, 2.05) is 0 Å². The van der Waals surface area contributed by atoms with E-state index in [-0.39, 0.29) is 5.91 Å². The summed E-state index contributed by atoms with van der Waals surface area (Å²) >= 11 is 0. The second kappa shape index (κ2) is 5.51. The van der Waals surface area contributed by atoms with Gasteiger partial charge in [0.2, 0.25) is 0 Å². The highest BCUT2D eigenvalue weighted by molar-refractivity contribution is 6.00. The Hall–Kier alpha value is -1.25. The fourth-order valence-corrected chi connectivity index (χ4v) is 4.56. The van der Waals surface area contributed by atoms with Gasteiger partial charge in [-0.05, 0) is 56.9 Å². The third-order valence-corrected chi connectivity index (χ3v) is 5.62. The van der Waals surface area contributed by atoms with Crippen molar-refractivity contribution in [3.8, 4) is 0 Å². The van der Waals surface area contributed by atoms with E-state index in [2.05, 4.69) is 10.2 Å². The standard InChI is InChI=1S/C18H26N2O/c21-18-16(19-14-9-2-1-3-10-14)15-11-6-8-13-7-4-5-12-20(18)17(13)15/h14,19H,1-12H2. The molecule has 21 heavy (non-hydrogen) atoms. The van der Waals surface area contributed by atoms with E-state index in [0.29, 0.717) is 6.04 Å². The Morgan fingerprint density at radius 3 is 2.57 bits per heavy atom. The maximum atomic E-state index is 12.9. The van der Waals surface area contributed by atoms with Crippen LogP contribution in [0, 0.1) is 0 Å². The van der Waals surface area contributed by atoms with Gasteiger partial charge in [0.25, 0.3) is 5.91 Å². The van der Waals surface area contributed by atoms with E-state index >= 15 is 0 Å². The number of hydrogen-bond acceptors (Lipinski definition) is 2. The van der Waals surface area contributed by atoms with E-state index in [9.17, 15) is 4.79 Å². The molecule has 2 heterocycles. The molecule has 1 fully saturated rings. The Morgan fingerprint density at radius 2 is 1.71 bits per heavy atom. The van der Waals surface area contributed by atoms with Crippen molar-refractivity contribution in [3.05, 3.63) is 22.5 Å². The molecule has 0 aromatic carbocycles. The minimum absolute atomic E-state index is 0.270. The quantitative estimate of drug-likeness (QED) is 0.840. The summed E-state index contributed by atoms with van der Waals surface area (Å²) in [6.45, 7) is 0.928. The first-order valence-corrected chi connectivity index (χ1v) is 8.88. The van der Waals surface area contributed by atoms with Gasteiger partial charge in [0, 0.05) is 23.9 Å². The van der Waals surface area contributed by atoms with Crippen LogP contribution in [0.15, 0.2) is 22.5 Å². The second-order valence-electron chi connectivity index (χ2n) is 7.05. The number of hydrogen-bond donors (Lipinski definition) is 1. The third-order valence-electron chi connectivity index (χ3n) is 5.62. The first kappa shape index (κ1) is 13.4. The van der Waals surface area contributed by atoms with Gasteiger partial charge in [-0.2, -0.15) is 0 Å². The molecule has 2 aliphatic heterocycles. The molecule has 0 spiro atoms. The van der Waals surface area contributed by atoms with Crippen LogP contribution >= 0.6 is 0 Å². The minimum Gasteiger partial charge on any atom is -0.378 e. The van der Waals surface area contributed by atoms with Gasteiger partial charge in [-0.25, -0.2) is 0 Å². The summed E-state index contributed by atoms with van der Waals surface area (Å²) in [6.07, 6.45) is 13.6. The van der Waals surface area contributed by atoms with Crippen LogP contribution in [0.2, 0.25) is 0 Å². The van der Waals surface area contributed by atoms with Crippen molar-refractivity contribution in [2.45, 2.75) is 76.7 Å². The molecular formula is C18H26N2O. The van der Waals surface area contributed by atoms with Gasteiger partial charge in [-0.3, -0.25) is 4.79 Å². The van der Waals surface area contributed by atoms with E-state index in [1.54, 1.807) is 5.57 Å². The average molecular weight is 286 g/mol. The van der Waals surface area contributed by atoms with Crippen LogP contribution in [0.25, 0.3) is 0 Å². The molecule has 0 atom stereocenters. The van der Waals surface area contributed by atoms with Crippen molar-refractivity contribution < 1.29 is 4.79 Å². The van der Waals surface area contributed by atoms with Crippen LogP contribution in [0.4, 0.5) is 0 Å². The van der Waals surface area contributed by atoms with E-state index in [0.717, 1.165) is 25.1 Å². The summed E-state index contributed by atoms with van der Waals surface area (Å²) in [5.41, 5.74) is 5.22. The number of carbonyl (C=O) groups excluding carboxylic acids is 1.